The van der Waals surface area contributed by atoms with E-state index in [1.54, 1.807) is 5.56 Å². The SMILES string of the molecule is CC1CC2(CCCCCCC2)NC(C)c2ccccc21. The average molecular weight is 271 g/mol. The Morgan fingerprint density at radius 1 is 0.900 bits per heavy atom. The molecule has 2 atom stereocenters. The minimum absolute atomic E-state index is 0.387. The van der Waals surface area contributed by atoms with Gasteiger partial charge in [0.2, 0.25) is 0 Å². The van der Waals surface area contributed by atoms with Gasteiger partial charge in [-0.05, 0) is 43.2 Å². The molecule has 0 saturated heterocycles. The second-order valence-electron chi connectivity index (χ2n) is 7.15. The molecule has 1 N–H and O–H groups in total. The number of hydrogen-bond donors (Lipinski definition) is 1. The van der Waals surface area contributed by atoms with Gasteiger partial charge in [0.25, 0.3) is 0 Å². The Bertz CT molecular complexity index is 410. The van der Waals surface area contributed by atoms with Gasteiger partial charge in [-0.1, -0.05) is 63.3 Å². The quantitative estimate of drug-likeness (QED) is 0.672. The number of rotatable bonds is 0. The van der Waals surface area contributed by atoms with Crippen molar-refractivity contribution in [2.75, 3.05) is 0 Å². The van der Waals surface area contributed by atoms with Gasteiger partial charge in [-0.2, -0.15) is 0 Å². The highest BCUT2D eigenvalue weighted by Gasteiger charge is 2.36. The molecule has 20 heavy (non-hydrogen) atoms. The average Bonchev–Trinajstić information content (AvgIpc) is 2.52. The van der Waals surface area contributed by atoms with E-state index in [0.29, 0.717) is 17.5 Å². The van der Waals surface area contributed by atoms with Gasteiger partial charge in [0.15, 0.2) is 0 Å². The predicted molar refractivity (Wildman–Crippen MR) is 86.1 cm³/mol. The van der Waals surface area contributed by atoms with Crippen molar-refractivity contribution >= 4 is 0 Å². The lowest BCUT2D eigenvalue weighted by Crippen LogP contribution is -2.46. The molecule has 1 aromatic rings. The maximum absolute atomic E-state index is 4.05. The molecule has 1 spiro atoms. The highest BCUT2D eigenvalue weighted by atomic mass is 15.0. The molecule has 0 amide bonds. The van der Waals surface area contributed by atoms with Gasteiger partial charge in [-0.3, -0.25) is 0 Å². The predicted octanol–water partition coefficient (Wildman–Crippen LogP) is 5.33. The van der Waals surface area contributed by atoms with Crippen molar-refractivity contribution in [3.63, 3.8) is 0 Å². The van der Waals surface area contributed by atoms with Crippen molar-refractivity contribution in [1.29, 1.82) is 0 Å². The fraction of sp³-hybridized carbons (Fsp3) is 0.684. The molecular formula is C19H29N. The number of hydrogen-bond acceptors (Lipinski definition) is 1. The lowest BCUT2D eigenvalue weighted by atomic mass is 9.77. The van der Waals surface area contributed by atoms with Gasteiger partial charge in [0.05, 0.1) is 0 Å². The first-order valence-corrected chi connectivity index (χ1v) is 8.57. The lowest BCUT2D eigenvalue weighted by molar-refractivity contribution is 0.211. The van der Waals surface area contributed by atoms with Gasteiger partial charge in [-0.15, -0.1) is 0 Å². The van der Waals surface area contributed by atoms with Crippen LogP contribution in [0.2, 0.25) is 0 Å². The van der Waals surface area contributed by atoms with Crippen LogP contribution in [0.3, 0.4) is 0 Å². The molecule has 0 bridgehead atoms. The van der Waals surface area contributed by atoms with Crippen molar-refractivity contribution in [3.8, 4) is 0 Å². The smallest absolute Gasteiger partial charge is 0.0299 e. The van der Waals surface area contributed by atoms with E-state index in [1.807, 2.05) is 0 Å². The summed E-state index contributed by atoms with van der Waals surface area (Å²) in [7, 11) is 0. The van der Waals surface area contributed by atoms with E-state index in [0.717, 1.165) is 0 Å². The molecule has 0 radical (unpaired) electrons. The third-order valence-corrected chi connectivity index (χ3v) is 5.52. The number of fused-ring (bicyclic) bond motifs is 1. The van der Waals surface area contributed by atoms with Gasteiger partial charge in [0.1, 0.15) is 0 Å². The van der Waals surface area contributed by atoms with Crippen LogP contribution in [-0.4, -0.2) is 5.54 Å². The largest absolute Gasteiger partial charge is 0.305 e. The zero-order valence-corrected chi connectivity index (χ0v) is 13.1. The third-order valence-electron chi connectivity index (χ3n) is 5.52. The summed E-state index contributed by atoms with van der Waals surface area (Å²) in [6.07, 6.45) is 11.2. The first-order valence-electron chi connectivity index (χ1n) is 8.57. The van der Waals surface area contributed by atoms with Crippen LogP contribution in [0, 0.1) is 0 Å². The van der Waals surface area contributed by atoms with Gasteiger partial charge in [0, 0.05) is 11.6 Å². The molecule has 2 unspecified atom stereocenters. The standard InChI is InChI=1S/C19H29N/c1-15-14-19(12-8-4-3-5-9-13-19)20-16(2)18-11-7-6-10-17(15)18/h6-7,10-11,15-16,20H,3-5,8-9,12-14H2,1-2H3. The summed E-state index contributed by atoms with van der Waals surface area (Å²) in [5.41, 5.74) is 3.49. The van der Waals surface area contributed by atoms with Crippen molar-refractivity contribution in [2.45, 2.75) is 82.7 Å². The van der Waals surface area contributed by atoms with Crippen LogP contribution >= 0.6 is 0 Å². The van der Waals surface area contributed by atoms with Crippen molar-refractivity contribution in [3.05, 3.63) is 35.4 Å². The van der Waals surface area contributed by atoms with E-state index in [4.69, 9.17) is 0 Å². The zero-order valence-electron chi connectivity index (χ0n) is 13.1. The summed E-state index contributed by atoms with van der Waals surface area (Å²) < 4.78 is 0. The summed E-state index contributed by atoms with van der Waals surface area (Å²) in [4.78, 5) is 0. The topological polar surface area (TPSA) is 12.0 Å². The Morgan fingerprint density at radius 2 is 1.50 bits per heavy atom. The molecule has 1 saturated carbocycles. The summed E-state index contributed by atoms with van der Waals surface area (Å²) in [6.45, 7) is 4.79. The minimum Gasteiger partial charge on any atom is -0.305 e. The van der Waals surface area contributed by atoms with Crippen LogP contribution in [-0.2, 0) is 0 Å². The molecule has 1 fully saturated rings. The fourth-order valence-electron chi connectivity index (χ4n) is 4.58. The molecule has 0 aromatic heterocycles. The second-order valence-corrected chi connectivity index (χ2v) is 7.15. The summed E-state index contributed by atoms with van der Waals surface area (Å²) in [5.74, 6) is 0.683. The third kappa shape index (κ3) is 2.79. The molecule has 1 heterocycles. The van der Waals surface area contributed by atoms with E-state index >= 15 is 0 Å². The zero-order chi connectivity index (χ0) is 14.0. The molecule has 1 aromatic carbocycles. The Morgan fingerprint density at radius 3 is 2.20 bits per heavy atom. The first-order chi connectivity index (χ1) is 9.70. The fourth-order valence-corrected chi connectivity index (χ4v) is 4.58. The normalized spacial score (nSPS) is 30.1. The van der Waals surface area contributed by atoms with Crippen LogP contribution in [0.1, 0.15) is 88.3 Å². The van der Waals surface area contributed by atoms with Crippen molar-refractivity contribution in [1.82, 2.24) is 5.32 Å². The Hall–Kier alpha value is -0.820. The minimum atomic E-state index is 0.387. The van der Waals surface area contributed by atoms with Crippen LogP contribution in [0.5, 0.6) is 0 Å². The van der Waals surface area contributed by atoms with E-state index in [-0.39, 0.29) is 0 Å². The molecule has 1 nitrogen and oxygen atoms in total. The second kappa shape index (κ2) is 5.89. The molecule has 1 aliphatic heterocycles. The maximum atomic E-state index is 4.05. The van der Waals surface area contributed by atoms with Crippen LogP contribution < -0.4 is 5.32 Å². The van der Waals surface area contributed by atoms with Crippen molar-refractivity contribution < 1.29 is 0 Å². The Balaban J connectivity index is 1.89. The molecule has 110 valence electrons. The molecular weight excluding hydrogens is 242 g/mol. The highest BCUT2D eigenvalue weighted by Crippen LogP contribution is 2.41. The monoisotopic (exact) mass is 271 g/mol. The maximum Gasteiger partial charge on any atom is 0.0299 e. The molecule has 1 heteroatoms. The highest BCUT2D eigenvalue weighted by molar-refractivity contribution is 5.34. The molecule has 2 aliphatic rings. The summed E-state index contributed by atoms with van der Waals surface area (Å²) in [5, 5.41) is 4.05. The van der Waals surface area contributed by atoms with Gasteiger partial charge >= 0.3 is 0 Å². The molecule has 1 aliphatic carbocycles. The van der Waals surface area contributed by atoms with Crippen LogP contribution in [0.15, 0.2) is 24.3 Å². The summed E-state index contributed by atoms with van der Waals surface area (Å²) in [6, 6.07) is 9.57. The molecule has 3 rings (SSSR count). The van der Waals surface area contributed by atoms with Crippen LogP contribution in [0.25, 0.3) is 0 Å². The lowest BCUT2D eigenvalue weighted by Gasteiger charge is -2.38. The Kier molecular flexibility index (Phi) is 4.16. The summed E-state index contributed by atoms with van der Waals surface area (Å²) >= 11 is 0. The number of nitrogens with one attached hydrogen (secondary N) is 1. The van der Waals surface area contributed by atoms with Gasteiger partial charge < -0.3 is 5.32 Å². The van der Waals surface area contributed by atoms with Crippen LogP contribution in [0.4, 0.5) is 0 Å². The van der Waals surface area contributed by atoms with E-state index in [2.05, 4.69) is 43.4 Å². The Labute approximate surface area is 124 Å². The van der Waals surface area contributed by atoms with E-state index < -0.39 is 0 Å². The number of benzene rings is 1. The van der Waals surface area contributed by atoms with E-state index in [9.17, 15) is 0 Å². The first kappa shape index (κ1) is 14.1. The van der Waals surface area contributed by atoms with Gasteiger partial charge in [-0.25, -0.2) is 0 Å². The van der Waals surface area contributed by atoms with Crippen molar-refractivity contribution in [2.24, 2.45) is 0 Å². The van der Waals surface area contributed by atoms with E-state index in [1.165, 1.54) is 56.9 Å².